The van der Waals surface area contributed by atoms with Crippen LogP contribution in [0.4, 0.5) is 0 Å². The maximum atomic E-state index is 12.5. The van der Waals surface area contributed by atoms with Gasteiger partial charge in [-0.1, -0.05) is 32.9 Å². The number of hydrogen-bond acceptors (Lipinski definition) is 3. The van der Waals surface area contributed by atoms with Gasteiger partial charge in [0.2, 0.25) is 5.91 Å². The number of fused-ring (bicyclic) bond motifs is 1. The second kappa shape index (κ2) is 7.85. The van der Waals surface area contributed by atoms with Gasteiger partial charge in [0.15, 0.2) is 0 Å². The molecule has 6 heteroatoms. The second-order valence-electron chi connectivity index (χ2n) is 8.87. The Balaban J connectivity index is 1.48. The molecule has 0 spiro atoms. The van der Waals surface area contributed by atoms with Gasteiger partial charge >= 0.3 is 0 Å². The molecule has 1 unspecified atom stereocenters. The highest BCUT2D eigenvalue weighted by Gasteiger charge is 2.26. The molecule has 0 aliphatic heterocycles. The third-order valence-electron chi connectivity index (χ3n) is 5.69. The number of carbonyl (C=O) groups excluding carboxylic acids is 1. The Kier molecular flexibility index (Phi) is 5.26. The van der Waals surface area contributed by atoms with E-state index in [4.69, 9.17) is 0 Å². The first kappa shape index (κ1) is 19.4. The van der Waals surface area contributed by atoms with E-state index >= 15 is 0 Å². The van der Waals surface area contributed by atoms with E-state index in [1.54, 1.807) is 6.20 Å². The number of nitrogens with one attached hydrogen (secondary N) is 2. The molecule has 0 bridgehead atoms. The van der Waals surface area contributed by atoms with E-state index in [-0.39, 0.29) is 17.4 Å². The second-order valence-corrected chi connectivity index (χ2v) is 8.87. The van der Waals surface area contributed by atoms with Crippen molar-refractivity contribution in [2.45, 2.75) is 64.3 Å². The minimum absolute atomic E-state index is 0.0400. The molecule has 4 rings (SSSR count). The summed E-state index contributed by atoms with van der Waals surface area (Å²) in [7, 11) is 0. The molecule has 1 amide bonds. The molecule has 152 valence electrons. The molecule has 0 saturated heterocycles. The highest BCUT2D eigenvalue weighted by atomic mass is 16.1. The van der Waals surface area contributed by atoms with Gasteiger partial charge < -0.3 is 5.32 Å². The van der Waals surface area contributed by atoms with E-state index in [9.17, 15) is 4.79 Å². The summed E-state index contributed by atoms with van der Waals surface area (Å²) >= 11 is 0. The summed E-state index contributed by atoms with van der Waals surface area (Å²) in [5, 5.41) is 14.6. The van der Waals surface area contributed by atoms with Gasteiger partial charge in [0, 0.05) is 23.9 Å². The fourth-order valence-electron chi connectivity index (χ4n) is 3.97. The van der Waals surface area contributed by atoms with Crippen LogP contribution >= 0.6 is 0 Å². The van der Waals surface area contributed by atoms with Crippen LogP contribution in [0.1, 0.15) is 68.5 Å². The number of aromatic nitrogens is 4. The maximum Gasteiger partial charge on any atom is 0.220 e. The predicted octanol–water partition coefficient (Wildman–Crippen LogP) is 4.02. The first-order chi connectivity index (χ1) is 13.9. The number of amides is 1. The quantitative estimate of drug-likeness (QED) is 0.690. The van der Waals surface area contributed by atoms with Crippen molar-refractivity contribution in [3.8, 4) is 5.69 Å². The Bertz CT molecular complexity index is 964. The Hall–Kier alpha value is -2.89. The van der Waals surface area contributed by atoms with Crippen LogP contribution in [0.15, 0.2) is 42.9 Å². The lowest BCUT2D eigenvalue weighted by atomic mass is 9.87. The van der Waals surface area contributed by atoms with Gasteiger partial charge in [-0.2, -0.15) is 10.2 Å². The first-order valence-electron chi connectivity index (χ1n) is 10.4. The molecule has 2 N–H and O–H groups in total. The number of aryl methyl sites for hydroxylation is 1. The summed E-state index contributed by atoms with van der Waals surface area (Å²) in [5.74, 6) is 0.0753. The number of hydrogen-bond donors (Lipinski definition) is 2. The number of rotatable bonds is 5. The van der Waals surface area contributed by atoms with Gasteiger partial charge in [0.05, 0.1) is 24.1 Å². The number of H-pyrrole nitrogens is 1. The van der Waals surface area contributed by atoms with Crippen LogP contribution in [0, 0.1) is 0 Å². The molecule has 0 saturated carbocycles. The fourth-order valence-corrected chi connectivity index (χ4v) is 3.97. The molecule has 2 heterocycles. The largest absolute Gasteiger partial charge is 0.349 e. The molecular weight excluding hydrogens is 362 g/mol. The van der Waals surface area contributed by atoms with Crippen molar-refractivity contribution in [3.05, 3.63) is 65.2 Å². The predicted molar refractivity (Wildman–Crippen MR) is 113 cm³/mol. The Morgan fingerprint density at radius 1 is 1.24 bits per heavy atom. The average Bonchev–Trinajstić information content (AvgIpc) is 3.36. The SMILES string of the molecule is CC(C)(C)c1ccc(-n2ncc3c2CCCC3NC(=O)CCc2cn[nH]c2)cc1. The highest BCUT2D eigenvalue weighted by Crippen LogP contribution is 2.32. The van der Waals surface area contributed by atoms with Gasteiger partial charge in [0.1, 0.15) is 0 Å². The van der Waals surface area contributed by atoms with Crippen molar-refractivity contribution < 1.29 is 4.79 Å². The van der Waals surface area contributed by atoms with Crippen LogP contribution in [0.2, 0.25) is 0 Å². The molecule has 1 atom stereocenters. The van der Waals surface area contributed by atoms with Crippen molar-refractivity contribution in [2.24, 2.45) is 0 Å². The van der Waals surface area contributed by atoms with E-state index in [0.29, 0.717) is 12.8 Å². The van der Waals surface area contributed by atoms with E-state index in [1.165, 1.54) is 11.3 Å². The van der Waals surface area contributed by atoms with Crippen LogP contribution < -0.4 is 5.32 Å². The van der Waals surface area contributed by atoms with Gasteiger partial charge in [-0.3, -0.25) is 9.89 Å². The molecule has 0 radical (unpaired) electrons. The average molecular weight is 392 g/mol. The van der Waals surface area contributed by atoms with Crippen molar-refractivity contribution in [1.29, 1.82) is 0 Å². The molecule has 1 aliphatic carbocycles. The summed E-state index contributed by atoms with van der Waals surface area (Å²) in [5.41, 5.74) is 5.92. The van der Waals surface area contributed by atoms with Crippen molar-refractivity contribution in [3.63, 3.8) is 0 Å². The molecule has 1 aliphatic rings. The smallest absolute Gasteiger partial charge is 0.220 e. The molecule has 2 aromatic heterocycles. The molecule has 6 nitrogen and oxygen atoms in total. The van der Waals surface area contributed by atoms with Gasteiger partial charge in [-0.15, -0.1) is 0 Å². The van der Waals surface area contributed by atoms with Crippen LogP contribution in [-0.4, -0.2) is 25.9 Å². The number of aromatic amines is 1. The van der Waals surface area contributed by atoms with Crippen molar-refractivity contribution in [2.75, 3.05) is 0 Å². The third kappa shape index (κ3) is 4.26. The van der Waals surface area contributed by atoms with Gasteiger partial charge in [-0.25, -0.2) is 4.68 Å². The monoisotopic (exact) mass is 391 g/mol. The molecule has 0 fully saturated rings. The molecule has 29 heavy (non-hydrogen) atoms. The Morgan fingerprint density at radius 2 is 2.03 bits per heavy atom. The maximum absolute atomic E-state index is 12.5. The lowest BCUT2D eigenvalue weighted by Gasteiger charge is -2.24. The summed E-state index contributed by atoms with van der Waals surface area (Å²) in [4.78, 5) is 12.5. The molecule has 3 aromatic rings. The lowest BCUT2D eigenvalue weighted by Crippen LogP contribution is -2.31. The van der Waals surface area contributed by atoms with Crippen LogP contribution in [0.3, 0.4) is 0 Å². The summed E-state index contributed by atoms with van der Waals surface area (Å²) in [6.45, 7) is 6.66. The topological polar surface area (TPSA) is 75.6 Å². The highest BCUT2D eigenvalue weighted by molar-refractivity contribution is 5.76. The van der Waals surface area contributed by atoms with E-state index in [1.807, 2.05) is 17.1 Å². The third-order valence-corrected chi connectivity index (χ3v) is 5.69. The van der Waals surface area contributed by atoms with E-state index < -0.39 is 0 Å². The zero-order valence-corrected chi connectivity index (χ0v) is 17.4. The standard InChI is InChI=1S/C23H29N5O/c1-23(2,3)17-8-10-18(11-9-17)28-21-6-4-5-20(19(21)15-26-28)27-22(29)12-7-16-13-24-25-14-16/h8-11,13-15,20H,4-7,12H2,1-3H3,(H,24,25)(H,27,29). The summed E-state index contributed by atoms with van der Waals surface area (Å²) in [6.07, 6.45) is 9.67. The molecule has 1 aromatic carbocycles. The van der Waals surface area contributed by atoms with Crippen molar-refractivity contribution >= 4 is 5.91 Å². The Labute approximate surface area is 171 Å². The normalized spacial score (nSPS) is 16.4. The zero-order chi connectivity index (χ0) is 20.4. The van der Waals surface area contributed by atoms with Gasteiger partial charge in [-0.05, 0) is 54.4 Å². The van der Waals surface area contributed by atoms with Gasteiger partial charge in [0.25, 0.3) is 0 Å². The molecular formula is C23H29N5O. The number of nitrogens with zero attached hydrogens (tertiary/aromatic N) is 3. The number of carbonyl (C=O) groups is 1. The zero-order valence-electron chi connectivity index (χ0n) is 17.4. The Morgan fingerprint density at radius 3 is 2.72 bits per heavy atom. The fraction of sp³-hybridized carbons (Fsp3) is 0.435. The van der Waals surface area contributed by atoms with Crippen LogP contribution in [0.25, 0.3) is 5.69 Å². The number of benzene rings is 1. The van der Waals surface area contributed by atoms with E-state index in [0.717, 1.165) is 36.1 Å². The summed E-state index contributed by atoms with van der Waals surface area (Å²) in [6, 6.07) is 8.68. The summed E-state index contributed by atoms with van der Waals surface area (Å²) < 4.78 is 2.03. The van der Waals surface area contributed by atoms with Crippen LogP contribution in [-0.2, 0) is 23.1 Å². The first-order valence-corrected chi connectivity index (χ1v) is 10.4. The van der Waals surface area contributed by atoms with E-state index in [2.05, 4.69) is 65.6 Å². The van der Waals surface area contributed by atoms with Crippen LogP contribution in [0.5, 0.6) is 0 Å². The van der Waals surface area contributed by atoms with Crippen molar-refractivity contribution in [1.82, 2.24) is 25.3 Å². The minimum atomic E-state index is 0.0400. The minimum Gasteiger partial charge on any atom is -0.349 e. The lowest BCUT2D eigenvalue weighted by molar-refractivity contribution is -0.121.